The van der Waals surface area contributed by atoms with E-state index in [0.29, 0.717) is 59.6 Å². The van der Waals surface area contributed by atoms with Crippen LogP contribution in [0.2, 0.25) is 0 Å². The van der Waals surface area contributed by atoms with Crippen molar-refractivity contribution in [3.05, 3.63) is 168 Å². The predicted molar refractivity (Wildman–Crippen MR) is 287 cm³/mol. The van der Waals surface area contributed by atoms with E-state index in [9.17, 15) is 27.8 Å². The molecular formula is C58H57F4N8NaO5. The van der Waals surface area contributed by atoms with Gasteiger partial charge in [-0.25, -0.2) is 27.3 Å². The van der Waals surface area contributed by atoms with Gasteiger partial charge in [-0.15, -0.1) is 0 Å². The first-order valence-corrected chi connectivity index (χ1v) is 22.7. The Kier molecular flexibility index (Phi) is 21.9. The summed E-state index contributed by atoms with van der Waals surface area (Å²) in [4.78, 5) is 31.5. The molecule has 0 aliphatic carbocycles. The van der Waals surface area contributed by atoms with Gasteiger partial charge in [0, 0.05) is 95.8 Å². The smallest absolute Gasteiger partial charge is 0.662 e. The number of pyridine rings is 2. The Morgan fingerprint density at radius 2 is 0.908 bits per heavy atom. The third kappa shape index (κ3) is 13.4. The van der Waals surface area contributed by atoms with Gasteiger partial charge < -0.3 is 41.6 Å². The zero-order valence-electron chi connectivity index (χ0n) is 39.4. The van der Waals surface area contributed by atoms with Gasteiger partial charge in [-0.3, -0.25) is 14.8 Å². The third-order valence-corrected chi connectivity index (χ3v) is 12.7. The molecule has 18 heteroatoms. The van der Waals surface area contributed by atoms with Crippen LogP contribution < -0.4 is 56.1 Å². The molecule has 0 bridgehead atoms. The fourth-order valence-electron chi connectivity index (χ4n) is 9.17. The summed E-state index contributed by atoms with van der Waals surface area (Å²) in [5, 5.41) is 31.3. The first-order chi connectivity index (χ1) is 34.8. The Labute approximate surface area is 461 Å². The first-order valence-electron chi connectivity index (χ1n) is 22.7. The normalized spacial score (nSPS) is 13.1. The van der Waals surface area contributed by atoms with Crippen molar-refractivity contribution in [2.24, 2.45) is 11.5 Å². The van der Waals surface area contributed by atoms with Crippen LogP contribution in [0, 0.1) is 36.4 Å². The van der Waals surface area contributed by atoms with Crippen LogP contribution in [-0.4, -0.2) is 64.9 Å². The van der Waals surface area contributed by atoms with Crippen LogP contribution >= 0.6 is 0 Å². The van der Waals surface area contributed by atoms with Gasteiger partial charge in [0.2, 0.25) is 11.4 Å². The Morgan fingerprint density at radius 3 is 1.22 bits per heavy atom. The van der Waals surface area contributed by atoms with Crippen molar-refractivity contribution in [2.45, 2.75) is 60.0 Å². The molecule has 388 valence electrons. The van der Waals surface area contributed by atoms with Crippen LogP contribution in [0.15, 0.2) is 122 Å². The number of hydrogen-bond acceptors (Lipinski definition) is 11. The molecule has 0 spiro atoms. The predicted octanol–water partition coefficient (Wildman–Crippen LogP) is 9.41. The Morgan fingerprint density at radius 1 is 0.566 bits per heavy atom. The summed E-state index contributed by atoms with van der Waals surface area (Å²) in [5.74, 6) is -2.79. The summed E-state index contributed by atoms with van der Waals surface area (Å²) >= 11 is 0. The maximum atomic E-state index is 14.1. The number of benzene rings is 6. The number of fused-ring (bicyclic) bond motifs is 2. The molecule has 0 atom stereocenters. The van der Waals surface area contributed by atoms with E-state index in [1.54, 1.807) is 48.8 Å². The molecule has 0 unspecified atom stereocenters. The van der Waals surface area contributed by atoms with Crippen LogP contribution in [-0.2, 0) is 9.68 Å². The molecule has 6 N–H and O–H groups in total. The summed E-state index contributed by atoms with van der Waals surface area (Å²) in [7, 11) is 0. The summed E-state index contributed by atoms with van der Waals surface area (Å²) in [6.07, 6.45) is 6.50. The van der Waals surface area contributed by atoms with Crippen molar-refractivity contribution < 1.29 is 72.3 Å². The monoisotopic (exact) mass is 1040 g/mol. The molecule has 0 saturated carbocycles. The van der Waals surface area contributed by atoms with Crippen molar-refractivity contribution in [3.8, 4) is 56.0 Å². The molecule has 2 saturated heterocycles. The number of carbonyl (C=O) groups is 1. The van der Waals surface area contributed by atoms with E-state index in [1.807, 2.05) is 36.4 Å². The second-order valence-electron chi connectivity index (χ2n) is 17.2. The molecule has 2 aromatic heterocycles. The molecule has 6 aromatic carbocycles. The third-order valence-electron chi connectivity index (χ3n) is 12.7. The van der Waals surface area contributed by atoms with E-state index in [4.69, 9.17) is 34.7 Å². The second-order valence-corrected chi connectivity index (χ2v) is 17.2. The van der Waals surface area contributed by atoms with Crippen molar-refractivity contribution in [1.82, 2.24) is 9.97 Å². The van der Waals surface area contributed by atoms with Crippen molar-refractivity contribution in [2.75, 3.05) is 36.0 Å². The van der Waals surface area contributed by atoms with Gasteiger partial charge in [-0.2, -0.15) is 0 Å². The van der Waals surface area contributed by atoms with E-state index in [-0.39, 0.29) is 93.3 Å². The van der Waals surface area contributed by atoms with Gasteiger partial charge in [0.1, 0.15) is 34.8 Å². The summed E-state index contributed by atoms with van der Waals surface area (Å²) in [6.45, 7) is 17.2. The number of aromatic hydroxyl groups is 2. The fraction of sp³-hybridized carbons (Fsp3) is 0.224. The van der Waals surface area contributed by atoms with Gasteiger partial charge >= 0.3 is 29.6 Å². The van der Waals surface area contributed by atoms with Crippen molar-refractivity contribution >= 4 is 51.0 Å². The van der Waals surface area contributed by atoms with E-state index < -0.39 is 23.3 Å². The van der Waals surface area contributed by atoms with E-state index in [2.05, 4.69) is 34.3 Å². The first kappa shape index (κ1) is 60.9. The average molecular weight is 1050 g/mol. The molecule has 0 amide bonds. The fourth-order valence-corrected chi connectivity index (χ4v) is 9.17. The van der Waals surface area contributed by atoms with Gasteiger partial charge in [0.05, 0.1) is 35.6 Å². The minimum Gasteiger partial charge on any atom is -0.662 e. The topological polar surface area (TPSA) is 183 Å². The van der Waals surface area contributed by atoms with Crippen LogP contribution in [0.25, 0.3) is 76.0 Å². The molecule has 76 heavy (non-hydrogen) atoms. The molecule has 4 heterocycles. The zero-order valence-corrected chi connectivity index (χ0v) is 41.4. The van der Waals surface area contributed by atoms with Crippen molar-refractivity contribution in [1.29, 1.82) is 0 Å². The van der Waals surface area contributed by atoms with Gasteiger partial charge in [0.15, 0.2) is 0 Å². The molecule has 2 aliphatic heterocycles. The van der Waals surface area contributed by atoms with Crippen LogP contribution in [0.3, 0.4) is 0 Å². The zero-order chi connectivity index (χ0) is 51.1. The number of phenolic OH excluding ortho intramolecular Hbond substituents is 2. The number of anilines is 2. The quantitative estimate of drug-likeness (QED) is 0.0298. The molecule has 2 aliphatic rings. The Bertz CT molecular complexity index is 3150. The van der Waals surface area contributed by atoms with Gasteiger partial charge in [-0.05, 0) is 96.5 Å². The van der Waals surface area contributed by atoms with E-state index in [0.717, 1.165) is 82.1 Å². The number of nitrogens with two attached hydrogens (primary N) is 2. The Hall–Kier alpha value is -7.61. The number of piperidine rings is 2. The molecule has 8 aromatic rings. The summed E-state index contributed by atoms with van der Waals surface area (Å²) < 4.78 is 56.4. The number of para-hydroxylation sites is 2. The number of nitrogens with zero attached hydrogens (tertiary/aromatic N) is 6. The number of halogens is 4. The maximum absolute atomic E-state index is 14.1. The summed E-state index contributed by atoms with van der Waals surface area (Å²) in [6, 6.07) is 28.4. The molecule has 10 rings (SSSR count). The largest absolute Gasteiger partial charge is 1.00 e. The second kappa shape index (κ2) is 27.3. The molecule has 2 fully saturated rings. The van der Waals surface area contributed by atoms with Crippen LogP contribution in [0.1, 0.15) is 48.0 Å². The minimum absolute atomic E-state index is 0. The molecule has 13 nitrogen and oxygen atoms in total. The molecule has 0 radical (unpaired) electrons. The maximum Gasteiger partial charge on any atom is 1.00 e. The number of rotatable bonds is 7. The summed E-state index contributed by atoms with van der Waals surface area (Å²) in [5.41, 5.74) is 20.2. The van der Waals surface area contributed by atoms with Crippen LogP contribution in [0.4, 0.5) is 40.3 Å². The average Bonchev–Trinajstić information content (AvgIpc) is 3.39. The number of hydrogen-bond donors (Lipinski definition) is 4. The minimum atomic E-state index is -0.656. The molecular weight excluding hydrogens is 988 g/mol. The van der Waals surface area contributed by atoms with Gasteiger partial charge in [0.25, 0.3) is 6.47 Å². The Balaban J connectivity index is 0.000000292. The number of phenols is 2. The van der Waals surface area contributed by atoms with E-state index >= 15 is 0 Å². The standard InChI is InChI=1S/2C27H22F2N4O.CH2O3.3CH4.Na/c2*1-31-25-4-2-3-21(27(25)34)16-5-6-24-22(13-16)26(33-9-7-20(30)8-10-33)23(15-32-24)17-11-18(28)14-19(29)12-17;2-1-4-3;;;;/h2*2-6,11-15,20,34H,7-10,30H2;1,3H;3*1H4;/q;;;;;;+1/p-1. The van der Waals surface area contributed by atoms with E-state index in [1.165, 1.54) is 24.3 Å². The van der Waals surface area contributed by atoms with Gasteiger partial charge in [-0.1, -0.05) is 70.8 Å². The SMILES string of the molecule is C.C.C.O=CO[O-].[C-]#[N+]c1cccc(-c2ccc3ncc(-c4cc(F)cc(F)c4)c(N4CCC(N)CC4)c3c2)c1O.[C-]#[N+]c1cccc(-c2ccc3ncc(-c4cc(F)cc(F)c4)c(N4CCC(N)CC4)c3c2)c1O.[Na+]. The van der Waals surface area contributed by atoms with Crippen LogP contribution in [0.5, 0.6) is 11.5 Å². The number of aromatic nitrogens is 2. The number of carbonyl (C=O) groups excluding carboxylic acids is 1. The van der Waals surface area contributed by atoms with Crippen molar-refractivity contribution in [3.63, 3.8) is 0 Å².